The average molecular weight is 555 g/mol. The lowest BCUT2D eigenvalue weighted by Crippen LogP contribution is -2.62. The van der Waals surface area contributed by atoms with E-state index in [1.54, 1.807) is 20.8 Å². The first-order chi connectivity index (χ1) is 19.6. The third kappa shape index (κ3) is 12.6. The lowest BCUT2D eigenvalue weighted by atomic mass is 9.90. The lowest BCUT2D eigenvalue weighted by molar-refractivity contribution is -0.133. The molecule has 0 bridgehead atoms. The van der Waals surface area contributed by atoms with E-state index in [1.807, 2.05) is 60.7 Å². The molecule has 0 aliphatic rings. The number of aliphatic hydroxyl groups excluding tert-OH is 1. The van der Waals surface area contributed by atoms with Crippen molar-refractivity contribution in [3.63, 3.8) is 0 Å². The van der Waals surface area contributed by atoms with Crippen LogP contribution in [0.25, 0.3) is 0 Å². The van der Waals surface area contributed by atoms with Crippen molar-refractivity contribution < 1.29 is 25.6 Å². The van der Waals surface area contributed by atoms with Gasteiger partial charge in [-0.15, -0.1) is 0 Å². The molecule has 3 amide bonds. The second-order valence-electron chi connectivity index (χ2n) is 11.2. The molecule has 0 aromatic heterocycles. The Hall–Kier alpha value is -3.39. The predicted octanol–water partition coefficient (Wildman–Crippen LogP) is 4.69. The van der Waals surface area contributed by atoms with Crippen LogP contribution in [0, 0.1) is 0 Å². The van der Waals surface area contributed by atoms with Crippen molar-refractivity contribution in [1.29, 1.82) is 0 Å². The molecule has 0 aliphatic carbocycles. The second-order valence-corrected chi connectivity index (χ2v) is 11.2. The molecule has 0 spiro atoms. The minimum Gasteiger partial charge on any atom is -0.444 e. The van der Waals surface area contributed by atoms with Crippen molar-refractivity contribution in [3.8, 4) is 0 Å². The molecule has 8 heteroatoms. The van der Waals surface area contributed by atoms with Gasteiger partial charge in [0.1, 0.15) is 17.2 Å². The number of unbranched alkanes of at least 4 members (excludes halogenated alkanes) is 5. The number of hydrogen-bond acceptors (Lipinski definition) is 5. The number of aliphatic hydroxyl groups is 1. The van der Waals surface area contributed by atoms with Crippen LogP contribution in [0.5, 0.6) is 0 Å². The molecular formula is C32H47N3O5. The van der Waals surface area contributed by atoms with Gasteiger partial charge >= 0.3 is 6.09 Å². The number of nitrogens with one attached hydrogen (secondary N) is 3. The molecule has 0 unspecified atom stereocenters. The van der Waals surface area contributed by atoms with Gasteiger partial charge in [0.2, 0.25) is 11.8 Å². The number of carbonyl (C=O) groups is 3. The minimum absolute atomic E-state index is 0.126. The largest absolute Gasteiger partial charge is 0.444 e. The van der Waals surface area contributed by atoms with Gasteiger partial charge in [-0.25, -0.2) is 4.79 Å². The monoisotopic (exact) mass is 554 g/mol. The fourth-order valence-electron chi connectivity index (χ4n) is 4.27. The van der Waals surface area contributed by atoms with Crippen LogP contribution in [-0.4, -0.2) is 53.3 Å². The summed E-state index contributed by atoms with van der Waals surface area (Å²) in [6.07, 6.45) is 5.10. The molecule has 0 radical (unpaired) electrons. The number of ether oxygens (including phenoxy) is 1. The van der Waals surface area contributed by atoms with Crippen molar-refractivity contribution in [3.05, 3.63) is 71.8 Å². The van der Waals surface area contributed by atoms with Crippen LogP contribution in [0.3, 0.4) is 0 Å². The van der Waals surface area contributed by atoms with Crippen molar-refractivity contribution in [2.24, 2.45) is 0 Å². The number of hydrogen-bond donors (Lipinski definition) is 4. The van der Waals surface area contributed by atoms with E-state index in [4.69, 9.17) is 11.2 Å². The molecule has 2 atom stereocenters. The quantitative estimate of drug-likeness (QED) is 0.225. The number of carbonyl (C=O) groups excluding carboxylic acids is 3. The SMILES string of the molecule is [2H]C[C@@](Cc1ccccc1)(NC(=O)[C@H](Cc1ccccc1)NC(=O)OC(C)(C)C)C(=O)NCCCCCCCCO. The van der Waals surface area contributed by atoms with Crippen LogP contribution in [0.1, 0.15) is 78.7 Å². The Morgan fingerprint density at radius 3 is 2.02 bits per heavy atom. The van der Waals surface area contributed by atoms with E-state index < -0.39 is 35.1 Å². The van der Waals surface area contributed by atoms with E-state index in [0.29, 0.717) is 6.54 Å². The Morgan fingerprint density at radius 1 is 0.875 bits per heavy atom. The standard InChI is InChI=1S/C32H47N3O5/c1-31(2,3)40-30(39)34-27(23-25-17-11-9-12-18-25)28(37)35-32(4,24-26-19-13-10-14-20-26)29(38)33-21-15-7-5-6-8-16-22-36/h9-14,17-20,27,36H,5-8,15-16,21-24H2,1-4H3,(H,33,38)(H,34,39)(H,35,37)/t27-,32-/m0/s1/i4D. The number of rotatable bonds is 16. The summed E-state index contributed by atoms with van der Waals surface area (Å²) in [4.78, 5) is 40.0. The summed E-state index contributed by atoms with van der Waals surface area (Å²) in [6, 6.07) is 17.5. The maximum atomic E-state index is 13.8. The van der Waals surface area contributed by atoms with Crippen LogP contribution < -0.4 is 16.0 Å². The number of alkyl carbamates (subject to hydrolysis) is 1. The molecule has 8 nitrogen and oxygen atoms in total. The second kappa shape index (κ2) is 16.7. The van der Waals surface area contributed by atoms with Gasteiger partial charge in [0.25, 0.3) is 0 Å². The van der Waals surface area contributed by atoms with E-state index >= 15 is 0 Å². The highest BCUT2D eigenvalue weighted by Gasteiger charge is 2.37. The molecule has 0 saturated heterocycles. The zero-order valence-corrected chi connectivity index (χ0v) is 24.2. The normalized spacial score (nSPS) is 13.8. The van der Waals surface area contributed by atoms with Crippen LogP contribution in [-0.2, 0) is 27.2 Å². The van der Waals surface area contributed by atoms with Crippen LogP contribution in [0.15, 0.2) is 60.7 Å². The van der Waals surface area contributed by atoms with E-state index in [0.717, 1.165) is 49.7 Å². The third-order valence-corrected chi connectivity index (χ3v) is 6.31. The summed E-state index contributed by atoms with van der Waals surface area (Å²) in [5, 5.41) is 17.4. The van der Waals surface area contributed by atoms with Gasteiger partial charge < -0.3 is 25.8 Å². The van der Waals surface area contributed by atoms with E-state index in [9.17, 15) is 14.4 Å². The molecular weight excluding hydrogens is 506 g/mol. The van der Waals surface area contributed by atoms with Crippen molar-refractivity contribution in [2.75, 3.05) is 13.2 Å². The molecule has 2 aromatic rings. The molecule has 2 aromatic carbocycles. The van der Waals surface area contributed by atoms with Crippen molar-refractivity contribution >= 4 is 17.9 Å². The Balaban J connectivity index is 2.21. The van der Waals surface area contributed by atoms with E-state index in [2.05, 4.69) is 16.0 Å². The Bertz CT molecular complexity index is 1060. The Morgan fingerprint density at radius 2 is 1.45 bits per heavy atom. The molecule has 0 heterocycles. The van der Waals surface area contributed by atoms with Crippen molar-refractivity contribution in [1.82, 2.24) is 16.0 Å². The first kappa shape index (κ1) is 31.1. The van der Waals surface area contributed by atoms with Gasteiger partial charge in [0, 0.05) is 27.4 Å². The predicted molar refractivity (Wildman–Crippen MR) is 158 cm³/mol. The van der Waals surface area contributed by atoms with Crippen LogP contribution in [0.2, 0.25) is 0 Å². The lowest BCUT2D eigenvalue weighted by Gasteiger charge is -2.32. The van der Waals surface area contributed by atoms with Crippen LogP contribution >= 0.6 is 0 Å². The molecule has 0 saturated carbocycles. The first-order valence-electron chi connectivity index (χ1n) is 14.9. The molecule has 0 aliphatic heterocycles. The van der Waals surface area contributed by atoms with E-state index in [1.165, 1.54) is 0 Å². The smallest absolute Gasteiger partial charge is 0.408 e. The van der Waals surface area contributed by atoms with Gasteiger partial charge in [0.15, 0.2) is 0 Å². The third-order valence-electron chi connectivity index (χ3n) is 6.31. The highest BCUT2D eigenvalue weighted by atomic mass is 16.6. The maximum Gasteiger partial charge on any atom is 0.408 e. The van der Waals surface area contributed by atoms with E-state index in [-0.39, 0.29) is 26.3 Å². The van der Waals surface area contributed by atoms with Gasteiger partial charge in [-0.2, -0.15) is 0 Å². The summed E-state index contributed by atoms with van der Waals surface area (Å²) in [6.45, 7) is 5.47. The van der Waals surface area contributed by atoms with Crippen molar-refractivity contribution in [2.45, 2.75) is 96.2 Å². The zero-order valence-electron chi connectivity index (χ0n) is 25.2. The van der Waals surface area contributed by atoms with Gasteiger partial charge in [-0.1, -0.05) is 86.3 Å². The highest BCUT2D eigenvalue weighted by Crippen LogP contribution is 2.16. The van der Waals surface area contributed by atoms with Gasteiger partial charge in [-0.05, 0) is 51.6 Å². The first-order valence-corrected chi connectivity index (χ1v) is 14.2. The minimum atomic E-state index is -1.54. The van der Waals surface area contributed by atoms with Gasteiger partial charge in [-0.3, -0.25) is 9.59 Å². The summed E-state index contributed by atoms with van der Waals surface area (Å²) in [5.74, 6) is -0.998. The molecule has 220 valence electrons. The Kier molecular flexibility index (Phi) is 13.0. The number of amides is 3. The van der Waals surface area contributed by atoms with Gasteiger partial charge in [0.05, 0.1) is 0 Å². The summed E-state index contributed by atoms with van der Waals surface area (Å²) >= 11 is 0. The summed E-state index contributed by atoms with van der Waals surface area (Å²) in [7, 11) is 0. The Labute approximate surface area is 240 Å². The summed E-state index contributed by atoms with van der Waals surface area (Å²) < 4.78 is 13.8. The molecule has 2 rings (SSSR count). The summed E-state index contributed by atoms with van der Waals surface area (Å²) in [5.41, 5.74) is -0.663. The topological polar surface area (TPSA) is 117 Å². The fraction of sp³-hybridized carbons (Fsp3) is 0.531. The zero-order chi connectivity index (χ0) is 30.1. The molecule has 0 fully saturated rings. The molecule has 40 heavy (non-hydrogen) atoms. The fourth-order valence-corrected chi connectivity index (χ4v) is 4.27. The highest BCUT2D eigenvalue weighted by molar-refractivity contribution is 5.94. The molecule has 4 N–H and O–H groups in total. The maximum absolute atomic E-state index is 13.8. The van der Waals surface area contributed by atoms with Crippen LogP contribution in [0.4, 0.5) is 4.79 Å². The number of benzene rings is 2. The average Bonchev–Trinajstić information content (AvgIpc) is 2.93.